The molecule has 0 radical (unpaired) electrons. The van der Waals surface area contributed by atoms with Gasteiger partial charge in [0.1, 0.15) is 0 Å². The molecule has 100 valence electrons. The van der Waals surface area contributed by atoms with E-state index < -0.39 is 0 Å². The van der Waals surface area contributed by atoms with Crippen LogP contribution in [0.1, 0.15) is 20.3 Å². The van der Waals surface area contributed by atoms with Crippen molar-refractivity contribution in [1.82, 2.24) is 15.0 Å². The van der Waals surface area contributed by atoms with E-state index in [9.17, 15) is 5.11 Å². The lowest BCUT2D eigenvalue weighted by Gasteiger charge is -2.34. The van der Waals surface area contributed by atoms with E-state index in [4.69, 9.17) is 16.3 Å². The number of ether oxygens (including phenoxy) is 1. The lowest BCUT2D eigenvalue weighted by atomic mass is 9.96. The predicted molar refractivity (Wildman–Crippen MR) is 68.0 cm³/mol. The van der Waals surface area contributed by atoms with Crippen LogP contribution in [0.15, 0.2) is 0 Å². The zero-order valence-electron chi connectivity index (χ0n) is 10.5. The maximum absolute atomic E-state index is 9.87. The Labute approximate surface area is 111 Å². The Kier molecular flexibility index (Phi) is 4.19. The summed E-state index contributed by atoms with van der Waals surface area (Å²) in [6.07, 6.45) is 0.527. The van der Waals surface area contributed by atoms with E-state index in [1.807, 2.05) is 18.7 Å². The Bertz CT molecular complexity index is 418. The number of aliphatic hydroxyl groups is 1. The van der Waals surface area contributed by atoms with Crippen LogP contribution in [0.5, 0.6) is 6.01 Å². The van der Waals surface area contributed by atoms with Crippen LogP contribution in [-0.4, -0.2) is 45.9 Å². The van der Waals surface area contributed by atoms with Gasteiger partial charge in [-0.15, -0.1) is 0 Å². The molecule has 1 aliphatic heterocycles. The minimum absolute atomic E-state index is 0.108. The van der Waals surface area contributed by atoms with Crippen molar-refractivity contribution in [3.8, 4) is 6.01 Å². The van der Waals surface area contributed by atoms with E-state index in [0.29, 0.717) is 25.0 Å². The van der Waals surface area contributed by atoms with Crippen molar-refractivity contribution in [2.45, 2.75) is 26.4 Å². The molecule has 1 aromatic heterocycles. The van der Waals surface area contributed by atoms with Gasteiger partial charge < -0.3 is 14.7 Å². The Balaban J connectivity index is 2.17. The predicted octanol–water partition coefficient (Wildman–Crippen LogP) is 1.13. The van der Waals surface area contributed by atoms with Crippen molar-refractivity contribution >= 4 is 17.5 Å². The first-order valence-electron chi connectivity index (χ1n) is 6.07. The van der Waals surface area contributed by atoms with Crippen LogP contribution in [0.4, 0.5) is 5.95 Å². The summed E-state index contributed by atoms with van der Waals surface area (Å²) in [6.45, 7) is 5.66. The number of nitrogens with zero attached hydrogens (tertiary/aromatic N) is 4. The van der Waals surface area contributed by atoms with Gasteiger partial charge in [-0.25, -0.2) is 0 Å². The summed E-state index contributed by atoms with van der Waals surface area (Å²) in [5, 5.41) is 9.98. The summed E-state index contributed by atoms with van der Waals surface area (Å²) in [7, 11) is 0. The third kappa shape index (κ3) is 3.00. The maximum atomic E-state index is 9.87. The van der Waals surface area contributed by atoms with Gasteiger partial charge in [0.2, 0.25) is 11.2 Å². The first-order valence-corrected chi connectivity index (χ1v) is 6.45. The molecule has 1 fully saturated rings. The highest BCUT2D eigenvalue weighted by atomic mass is 35.5. The minimum atomic E-state index is -0.371. The van der Waals surface area contributed by atoms with Gasteiger partial charge in [-0.1, -0.05) is 6.92 Å². The fraction of sp³-hybridized carbons (Fsp3) is 0.727. The fourth-order valence-electron chi connectivity index (χ4n) is 1.89. The minimum Gasteiger partial charge on any atom is -0.464 e. The molecule has 0 aromatic carbocycles. The van der Waals surface area contributed by atoms with Crippen LogP contribution in [0.2, 0.25) is 5.28 Å². The molecular formula is C11H17ClN4O2. The van der Waals surface area contributed by atoms with Crippen LogP contribution in [-0.2, 0) is 0 Å². The number of halogens is 1. The van der Waals surface area contributed by atoms with E-state index >= 15 is 0 Å². The quantitative estimate of drug-likeness (QED) is 0.889. The number of hydrogen-bond acceptors (Lipinski definition) is 6. The lowest BCUT2D eigenvalue weighted by Crippen LogP contribution is -2.43. The zero-order chi connectivity index (χ0) is 13.1. The SMILES string of the molecule is CCOc1nc(Cl)nc(N2CCC(C)C(O)C2)n1. The number of piperidine rings is 1. The molecule has 2 atom stereocenters. The molecule has 2 heterocycles. The number of anilines is 1. The first kappa shape index (κ1) is 13.3. The van der Waals surface area contributed by atoms with Gasteiger partial charge in [0.25, 0.3) is 0 Å². The molecule has 1 saturated heterocycles. The first-order chi connectivity index (χ1) is 8.60. The highest BCUT2D eigenvalue weighted by Gasteiger charge is 2.26. The van der Waals surface area contributed by atoms with Gasteiger partial charge in [-0.2, -0.15) is 15.0 Å². The number of aliphatic hydroxyl groups excluding tert-OH is 1. The highest BCUT2D eigenvalue weighted by molar-refractivity contribution is 6.28. The zero-order valence-corrected chi connectivity index (χ0v) is 11.3. The van der Waals surface area contributed by atoms with E-state index in [1.165, 1.54) is 0 Å². The number of β-amino-alcohol motifs (C(OH)–C–C–N with tert-alkyl or cyclic N) is 1. The second-order valence-corrected chi connectivity index (χ2v) is 4.74. The molecule has 1 aliphatic rings. The summed E-state index contributed by atoms with van der Waals surface area (Å²) in [4.78, 5) is 14.1. The summed E-state index contributed by atoms with van der Waals surface area (Å²) in [6, 6.07) is 0.223. The number of hydrogen-bond donors (Lipinski definition) is 1. The molecule has 1 aromatic rings. The number of aromatic nitrogens is 3. The third-order valence-corrected chi connectivity index (χ3v) is 3.22. The molecule has 6 nitrogen and oxygen atoms in total. The van der Waals surface area contributed by atoms with Crippen LogP contribution < -0.4 is 9.64 Å². The smallest absolute Gasteiger partial charge is 0.322 e. The van der Waals surface area contributed by atoms with Crippen molar-refractivity contribution in [3.63, 3.8) is 0 Å². The molecule has 2 rings (SSSR count). The van der Waals surface area contributed by atoms with Crippen LogP contribution in [0.3, 0.4) is 0 Å². The topological polar surface area (TPSA) is 71.4 Å². The summed E-state index contributed by atoms with van der Waals surface area (Å²) in [5.41, 5.74) is 0. The maximum Gasteiger partial charge on any atom is 0.322 e. The van der Waals surface area contributed by atoms with Crippen molar-refractivity contribution in [2.75, 3.05) is 24.6 Å². The van der Waals surface area contributed by atoms with Gasteiger partial charge in [0.05, 0.1) is 12.7 Å². The molecule has 0 amide bonds. The molecule has 1 N–H and O–H groups in total. The van der Waals surface area contributed by atoms with Crippen LogP contribution in [0, 0.1) is 5.92 Å². The van der Waals surface area contributed by atoms with Gasteiger partial charge in [0.15, 0.2) is 0 Å². The van der Waals surface area contributed by atoms with Crippen molar-refractivity contribution in [3.05, 3.63) is 5.28 Å². The summed E-state index contributed by atoms with van der Waals surface area (Å²) >= 11 is 5.84. The monoisotopic (exact) mass is 272 g/mol. The van der Waals surface area contributed by atoms with E-state index in [1.54, 1.807) is 0 Å². The molecule has 0 spiro atoms. The molecular weight excluding hydrogens is 256 g/mol. The molecule has 0 bridgehead atoms. The van der Waals surface area contributed by atoms with E-state index in [2.05, 4.69) is 15.0 Å². The normalized spacial score (nSPS) is 24.1. The Morgan fingerprint density at radius 3 is 2.89 bits per heavy atom. The van der Waals surface area contributed by atoms with Crippen molar-refractivity contribution in [1.29, 1.82) is 0 Å². The molecule has 0 saturated carbocycles. The summed E-state index contributed by atoms with van der Waals surface area (Å²) in [5.74, 6) is 0.759. The Hall–Kier alpha value is -1.14. The molecule has 2 unspecified atom stereocenters. The number of rotatable bonds is 3. The third-order valence-electron chi connectivity index (χ3n) is 3.05. The van der Waals surface area contributed by atoms with E-state index in [-0.39, 0.29) is 17.4 Å². The van der Waals surface area contributed by atoms with E-state index in [0.717, 1.165) is 13.0 Å². The van der Waals surface area contributed by atoms with Gasteiger partial charge in [0, 0.05) is 13.1 Å². The molecule has 18 heavy (non-hydrogen) atoms. The molecule has 0 aliphatic carbocycles. The lowest BCUT2D eigenvalue weighted by molar-refractivity contribution is 0.102. The molecule has 7 heteroatoms. The average molecular weight is 273 g/mol. The van der Waals surface area contributed by atoms with Gasteiger partial charge in [-0.05, 0) is 30.9 Å². The second kappa shape index (κ2) is 5.67. The van der Waals surface area contributed by atoms with Crippen LogP contribution in [0.25, 0.3) is 0 Å². The van der Waals surface area contributed by atoms with Crippen molar-refractivity contribution < 1.29 is 9.84 Å². The summed E-state index contributed by atoms with van der Waals surface area (Å²) < 4.78 is 5.23. The fourth-order valence-corrected chi connectivity index (χ4v) is 2.04. The Morgan fingerprint density at radius 2 is 2.22 bits per heavy atom. The van der Waals surface area contributed by atoms with Gasteiger partial charge in [-0.3, -0.25) is 0 Å². The largest absolute Gasteiger partial charge is 0.464 e. The van der Waals surface area contributed by atoms with Crippen LogP contribution >= 0.6 is 11.6 Å². The van der Waals surface area contributed by atoms with Crippen molar-refractivity contribution in [2.24, 2.45) is 5.92 Å². The standard InChI is InChI=1S/C11H17ClN4O2/c1-3-18-11-14-9(12)13-10(15-11)16-5-4-7(2)8(17)6-16/h7-8,17H,3-6H2,1-2H3. The van der Waals surface area contributed by atoms with Gasteiger partial charge >= 0.3 is 6.01 Å². The second-order valence-electron chi connectivity index (χ2n) is 4.40. The average Bonchev–Trinajstić information content (AvgIpc) is 2.32. The highest BCUT2D eigenvalue weighted by Crippen LogP contribution is 2.22. The Morgan fingerprint density at radius 1 is 1.44 bits per heavy atom.